The number of hydrogen-bond donors (Lipinski definition) is 2. The Bertz CT molecular complexity index is 429. The molecule has 88 valence electrons. The second-order valence-electron chi connectivity index (χ2n) is 2.91. The van der Waals surface area contributed by atoms with Crippen LogP contribution in [0.15, 0.2) is 55.1 Å². The molecular weight excluding hydrogens is 236 g/mol. The minimum absolute atomic E-state index is 0.280. The lowest BCUT2D eigenvalue weighted by atomic mass is 10.5. The Balaban J connectivity index is 0.000000202. The van der Waals surface area contributed by atoms with Gasteiger partial charge in [-0.15, -0.1) is 0 Å². The highest BCUT2D eigenvalue weighted by molar-refractivity contribution is 7.80. The average molecular weight is 248 g/mol. The predicted octanol–water partition coefficient (Wildman–Crippen LogP) is 1.37. The largest absolute Gasteiger partial charge is 0.351 e. The molecule has 5 nitrogen and oxygen atoms in total. The number of urea groups is 1. The molecule has 0 saturated heterocycles. The summed E-state index contributed by atoms with van der Waals surface area (Å²) in [4.78, 5) is 14.1. The van der Waals surface area contributed by atoms with E-state index >= 15 is 0 Å². The number of pyridine rings is 1. The van der Waals surface area contributed by atoms with Crippen LogP contribution >= 0.6 is 12.2 Å². The van der Waals surface area contributed by atoms with E-state index in [1.165, 1.54) is 0 Å². The third kappa shape index (κ3) is 5.43. The summed E-state index contributed by atoms with van der Waals surface area (Å²) in [7, 11) is 0. The van der Waals surface area contributed by atoms with Gasteiger partial charge in [0.2, 0.25) is 0 Å². The zero-order valence-corrected chi connectivity index (χ0v) is 9.80. The van der Waals surface area contributed by atoms with Crippen LogP contribution in [0, 0.1) is 0 Å². The maximum atomic E-state index is 10.3. The van der Waals surface area contributed by atoms with Crippen molar-refractivity contribution in [3.63, 3.8) is 0 Å². The molecule has 0 unspecified atom stereocenters. The minimum atomic E-state index is -0.649. The fraction of sp³-hybridized carbons (Fsp3) is 0. The number of carbonyl (C=O) groups is 1. The number of carbonyl (C=O) groups excluding carboxylic acids is 1. The van der Waals surface area contributed by atoms with E-state index in [0.717, 1.165) is 0 Å². The van der Waals surface area contributed by atoms with Crippen LogP contribution in [0.3, 0.4) is 0 Å². The molecule has 2 aromatic heterocycles. The van der Waals surface area contributed by atoms with Gasteiger partial charge in [-0.25, -0.2) is 4.79 Å². The lowest BCUT2D eigenvalue weighted by Gasteiger charge is -2.03. The Morgan fingerprint density at radius 1 is 1.12 bits per heavy atom. The van der Waals surface area contributed by atoms with Crippen molar-refractivity contribution in [1.29, 1.82) is 0 Å². The Labute approximate surface area is 104 Å². The summed E-state index contributed by atoms with van der Waals surface area (Å²) in [6.45, 7) is 0. The lowest BCUT2D eigenvalue weighted by molar-refractivity contribution is 0.253. The molecule has 0 radical (unpaired) electrons. The van der Waals surface area contributed by atoms with Crippen molar-refractivity contribution in [3.8, 4) is 0 Å². The summed E-state index contributed by atoms with van der Waals surface area (Å²) in [5, 5.41) is 2.56. The number of nitrogens with one attached hydrogen (secondary N) is 1. The fourth-order valence-electron chi connectivity index (χ4n) is 0.952. The Morgan fingerprint density at radius 2 is 1.71 bits per heavy atom. The maximum Gasteiger partial charge on any atom is 0.318 e. The second-order valence-corrected chi connectivity index (χ2v) is 3.30. The quantitative estimate of drug-likeness (QED) is 0.692. The first-order chi connectivity index (χ1) is 8.20. The van der Waals surface area contributed by atoms with E-state index in [2.05, 4.69) is 10.3 Å². The molecule has 0 atom stereocenters. The number of nitrogens with two attached hydrogens (primary N) is 1. The van der Waals surface area contributed by atoms with E-state index < -0.39 is 6.03 Å². The normalized spacial score (nSPS) is 8.71. The third-order valence-corrected chi connectivity index (χ3v) is 1.95. The van der Waals surface area contributed by atoms with Gasteiger partial charge in [0.1, 0.15) is 0 Å². The van der Waals surface area contributed by atoms with Crippen molar-refractivity contribution in [3.05, 3.63) is 55.1 Å². The number of aromatic nitrogens is 2. The first kappa shape index (κ1) is 12.9. The molecule has 2 aromatic rings. The van der Waals surface area contributed by atoms with Crippen LogP contribution in [0.1, 0.15) is 0 Å². The highest BCUT2D eigenvalue weighted by atomic mass is 32.1. The van der Waals surface area contributed by atoms with E-state index in [9.17, 15) is 4.79 Å². The topological polar surface area (TPSA) is 72.9 Å². The number of thiocarbonyl (C=S) groups is 1. The standard InChI is InChI=1S/C6H7N3OS.C5H5N/c7-5(10)8-6(11)9-3-1-2-4-9;1-2-4-6-5-3-1/h1-4H,(H3,7,8,10,11);1-5H. The molecule has 0 aromatic carbocycles. The SMILES string of the molecule is NC(=O)NC(=S)n1cccc1.c1ccncc1. The molecule has 2 amide bonds. The van der Waals surface area contributed by atoms with Gasteiger partial charge in [0, 0.05) is 24.8 Å². The molecule has 0 spiro atoms. The summed E-state index contributed by atoms with van der Waals surface area (Å²) in [6.07, 6.45) is 6.94. The Hall–Kier alpha value is -2.21. The number of hydrogen-bond acceptors (Lipinski definition) is 3. The molecule has 0 bridgehead atoms. The average Bonchev–Trinajstić information content (AvgIpc) is 2.85. The van der Waals surface area contributed by atoms with Crippen molar-refractivity contribution in [1.82, 2.24) is 14.9 Å². The zero-order chi connectivity index (χ0) is 12.5. The van der Waals surface area contributed by atoms with Crippen molar-refractivity contribution in [2.75, 3.05) is 0 Å². The number of amides is 2. The summed E-state index contributed by atoms with van der Waals surface area (Å²) in [5.74, 6) is 0. The third-order valence-electron chi connectivity index (χ3n) is 1.64. The van der Waals surface area contributed by atoms with Crippen LogP contribution in [-0.4, -0.2) is 20.7 Å². The molecule has 17 heavy (non-hydrogen) atoms. The van der Waals surface area contributed by atoms with E-state index in [4.69, 9.17) is 18.0 Å². The van der Waals surface area contributed by atoms with Gasteiger partial charge >= 0.3 is 6.03 Å². The van der Waals surface area contributed by atoms with Gasteiger partial charge in [0.25, 0.3) is 0 Å². The van der Waals surface area contributed by atoms with Crippen molar-refractivity contribution in [2.45, 2.75) is 0 Å². The van der Waals surface area contributed by atoms with Crippen LogP contribution in [0.25, 0.3) is 0 Å². The summed E-state index contributed by atoms with van der Waals surface area (Å²) < 4.78 is 1.58. The van der Waals surface area contributed by atoms with Crippen LogP contribution in [0.2, 0.25) is 0 Å². The molecule has 0 aliphatic heterocycles. The van der Waals surface area contributed by atoms with Gasteiger partial charge < -0.3 is 10.3 Å². The summed E-state index contributed by atoms with van der Waals surface area (Å²) in [6, 6.07) is 8.67. The van der Waals surface area contributed by atoms with Gasteiger partial charge in [0.15, 0.2) is 5.11 Å². The second kappa shape index (κ2) is 7.13. The Morgan fingerprint density at radius 3 is 2.06 bits per heavy atom. The molecule has 2 rings (SSSR count). The summed E-state index contributed by atoms with van der Waals surface area (Å²) in [5.41, 5.74) is 4.85. The minimum Gasteiger partial charge on any atom is -0.351 e. The first-order valence-electron chi connectivity index (χ1n) is 4.79. The number of nitrogens with zero attached hydrogens (tertiary/aromatic N) is 2. The molecule has 0 aliphatic rings. The fourth-order valence-corrected chi connectivity index (χ4v) is 1.17. The van der Waals surface area contributed by atoms with E-state index in [0.29, 0.717) is 0 Å². The van der Waals surface area contributed by atoms with Crippen LogP contribution in [0.5, 0.6) is 0 Å². The molecule has 0 saturated carbocycles. The molecule has 2 heterocycles. The van der Waals surface area contributed by atoms with Crippen molar-refractivity contribution >= 4 is 23.4 Å². The highest BCUT2D eigenvalue weighted by Gasteiger charge is 1.98. The highest BCUT2D eigenvalue weighted by Crippen LogP contribution is 1.88. The van der Waals surface area contributed by atoms with Crippen LogP contribution in [0.4, 0.5) is 4.79 Å². The van der Waals surface area contributed by atoms with E-state index in [-0.39, 0.29) is 5.11 Å². The smallest absolute Gasteiger partial charge is 0.318 e. The van der Waals surface area contributed by atoms with Crippen molar-refractivity contribution < 1.29 is 4.79 Å². The van der Waals surface area contributed by atoms with Gasteiger partial charge in [-0.2, -0.15) is 0 Å². The molecule has 6 heteroatoms. The van der Waals surface area contributed by atoms with Gasteiger partial charge in [-0.05, 0) is 36.5 Å². The number of primary amides is 1. The zero-order valence-electron chi connectivity index (χ0n) is 8.98. The Kier molecular flexibility index (Phi) is 5.39. The maximum absolute atomic E-state index is 10.3. The van der Waals surface area contributed by atoms with E-state index in [1.807, 2.05) is 18.2 Å². The van der Waals surface area contributed by atoms with E-state index in [1.54, 1.807) is 41.5 Å². The number of rotatable bonds is 0. The van der Waals surface area contributed by atoms with Crippen LogP contribution in [-0.2, 0) is 0 Å². The van der Waals surface area contributed by atoms with Gasteiger partial charge in [-0.1, -0.05) is 6.07 Å². The van der Waals surface area contributed by atoms with Gasteiger partial charge in [-0.3, -0.25) is 10.3 Å². The van der Waals surface area contributed by atoms with Gasteiger partial charge in [0.05, 0.1) is 0 Å². The monoisotopic (exact) mass is 248 g/mol. The molecular formula is C11H12N4OS. The molecule has 0 fully saturated rings. The predicted molar refractivity (Wildman–Crippen MR) is 69.4 cm³/mol. The van der Waals surface area contributed by atoms with Crippen molar-refractivity contribution in [2.24, 2.45) is 5.73 Å². The first-order valence-corrected chi connectivity index (χ1v) is 5.19. The molecule has 3 N–H and O–H groups in total. The summed E-state index contributed by atoms with van der Waals surface area (Å²) >= 11 is 4.80. The van der Waals surface area contributed by atoms with Crippen LogP contribution < -0.4 is 11.1 Å². The molecule has 0 aliphatic carbocycles. The lowest BCUT2D eigenvalue weighted by Crippen LogP contribution is -2.37.